The van der Waals surface area contributed by atoms with Crippen LogP contribution >= 0.6 is 11.6 Å². The van der Waals surface area contributed by atoms with Crippen molar-refractivity contribution in [1.82, 2.24) is 4.90 Å². The van der Waals surface area contributed by atoms with Gasteiger partial charge >= 0.3 is 0 Å². The first kappa shape index (κ1) is 10.8. The molecule has 1 aliphatic heterocycles. The first-order chi connectivity index (χ1) is 8.07. The zero-order valence-corrected chi connectivity index (χ0v) is 10.6. The van der Waals surface area contributed by atoms with Crippen molar-refractivity contribution in [3.05, 3.63) is 40.8 Å². The third-order valence-electron chi connectivity index (χ3n) is 3.65. The molecule has 0 atom stereocenters. The summed E-state index contributed by atoms with van der Waals surface area (Å²) in [5, 5.41) is 3.99. The maximum atomic E-state index is 6.05. The van der Waals surface area contributed by atoms with E-state index in [4.69, 9.17) is 17.3 Å². The highest BCUT2D eigenvalue weighted by Crippen LogP contribution is 2.43. The quantitative estimate of drug-likeness (QED) is 0.804. The summed E-state index contributed by atoms with van der Waals surface area (Å²) in [5.41, 5.74) is 8.50. The fraction of sp³-hybridized carbons (Fsp3) is 0.385. The number of hydrogen-bond donors (Lipinski definition) is 2. The molecule has 3 rings (SSSR count). The van der Waals surface area contributed by atoms with Crippen LogP contribution in [0.2, 0.25) is 5.02 Å². The summed E-state index contributed by atoms with van der Waals surface area (Å²) in [6.07, 6.45) is 4.47. The maximum Gasteiger partial charge on any atom is 0.117 e. The molecule has 3 N–H and O–H groups in total. The highest BCUT2D eigenvalue weighted by atomic mass is 35.5. The lowest BCUT2D eigenvalue weighted by atomic mass is 10.1. The zero-order chi connectivity index (χ0) is 12.0. The Balaban J connectivity index is 1.99. The first-order valence-electron chi connectivity index (χ1n) is 5.86. The number of halogens is 1. The van der Waals surface area contributed by atoms with Gasteiger partial charge in [-0.05, 0) is 43.5 Å². The molecule has 2 aliphatic rings. The summed E-state index contributed by atoms with van der Waals surface area (Å²) in [5.74, 6) is 0.694. The van der Waals surface area contributed by atoms with Crippen molar-refractivity contribution >= 4 is 17.3 Å². The van der Waals surface area contributed by atoms with Gasteiger partial charge in [0.15, 0.2) is 0 Å². The molecule has 0 unspecified atom stereocenters. The van der Waals surface area contributed by atoms with Crippen molar-refractivity contribution in [3.63, 3.8) is 0 Å². The molecule has 1 aromatic rings. The molecule has 0 aromatic heterocycles. The van der Waals surface area contributed by atoms with E-state index in [1.807, 2.05) is 24.4 Å². The van der Waals surface area contributed by atoms with Crippen LogP contribution in [0, 0.1) is 0 Å². The molecule has 0 radical (unpaired) electrons. The summed E-state index contributed by atoms with van der Waals surface area (Å²) in [7, 11) is 0. The van der Waals surface area contributed by atoms with Crippen LogP contribution < -0.4 is 11.1 Å². The van der Waals surface area contributed by atoms with Crippen LogP contribution in [0.15, 0.2) is 30.2 Å². The maximum absolute atomic E-state index is 6.05. The summed E-state index contributed by atoms with van der Waals surface area (Å²) in [6.45, 7) is 3.13. The number of nitrogens with two attached hydrogens (primary N) is 1. The zero-order valence-electron chi connectivity index (χ0n) is 9.83. The van der Waals surface area contributed by atoms with E-state index in [-0.39, 0.29) is 5.54 Å². The van der Waals surface area contributed by atoms with Crippen molar-refractivity contribution in [3.8, 4) is 0 Å². The predicted molar refractivity (Wildman–Crippen MR) is 70.5 cm³/mol. The lowest BCUT2D eigenvalue weighted by molar-refractivity contribution is 0.265. The van der Waals surface area contributed by atoms with E-state index < -0.39 is 0 Å². The molecule has 1 aliphatic carbocycles. The highest BCUT2D eigenvalue weighted by Gasteiger charge is 2.42. The third kappa shape index (κ3) is 1.95. The standard InChI is InChI=1S/C13H16ClN3/c1-13(4-5-13)17-7-9-6-10(14)2-3-11(9)16-12(15)8-17/h2-3,6,8,16H,4-5,7,15H2,1H3. The Morgan fingerprint density at radius 1 is 1.41 bits per heavy atom. The van der Waals surface area contributed by atoms with Gasteiger partial charge in [-0.2, -0.15) is 0 Å². The van der Waals surface area contributed by atoms with Gasteiger partial charge in [-0.25, -0.2) is 0 Å². The molecule has 0 spiro atoms. The van der Waals surface area contributed by atoms with Crippen LogP contribution in [0.3, 0.4) is 0 Å². The molecule has 1 fully saturated rings. The van der Waals surface area contributed by atoms with E-state index in [0.29, 0.717) is 5.82 Å². The van der Waals surface area contributed by atoms with E-state index in [2.05, 4.69) is 17.1 Å². The molecule has 1 saturated carbocycles. The van der Waals surface area contributed by atoms with Crippen LogP contribution in [-0.2, 0) is 6.54 Å². The topological polar surface area (TPSA) is 41.3 Å². The number of hydrogen-bond acceptors (Lipinski definition) is 3. The van der Waals surface area contributed by atoms with Gasteiger partial charge in [-0.1, -0.05) is 11.6 Å². The molecule has 0 saturated heterocycles. The average Bonchev–Trinajstić information content (AvgIpc) is 3.02. The Morgan fingerprint density at radius 3 is 2.88 bits per heavy atom. The van der Waals surface area contributed by atoms with Crippen molar-refractivity contribution in [2.45, 2.75) is 31.8 Å². The van der Waals surface area contributed by atoms with Crippen LogP contribution in [0.5, 0.6) is 0 Å². The Bertz CT molecular complexity index is 491. The number of anilines is 1. The van der Waals surface area contributed by atoms with Gasteiger partial charge in [0, 0.05) is 29.0 Å². The summed E-state index contributed by atoms with van der Waals surface area (Å²) in [6, 6.07) is 5.88. The van der Waals surface area contributed by atoms with Gasteiger partial charge < -0.3 is 16.0 Å². The lowest BCUT2D eigenvalue weighted by Crippen LogP contribution is -2.29. The number of rotatable bonds is 1. The summed E-state index contributed by atoms with van der Waals surface area (Å²) >= 11 is 6.05. The van der Waals surface area contributed by atoms with Crippen molar-refractivity contribution in [2.24, 2.45) is 5.73 Å². The second kappa shape index (κ2) is 3.57. The molecule has 17 heavy (non-hydrogen) atoms. The minimum absolute atomic E-state index is 0.274. The number of fused-ring (bicyclic) bond motifs is 1. The molecular formula is C13H16ClN3. The average molecular weight is 250 g/mol. The minimum atomic E-state index is 0.274. The molecule has 90 valence electrons. The van der Waals surface area contributed by atoms with E-state index in [1.165, 1.54) is 18.4 Å². The molecule has 1 aromatic carbocycles. The largest absolute Gasteiger partial charge is 0.384 e. The van der Waals surface area contributed by atoms with Gasteiger partial charge in [0.25, 0.3) is 0 Å². The molecule has 1 heterocycles. The summed E-state index contributed by atoms with van der Waals surface area (Å²) in [4.78, 5) is 2.32. The molecule has 3 nitrogen and oxygen atoms in total. The predicted octanol–water partition coefficient (Wildman–Crippen LogP) is 2.88. The van der Waals surface area contributed by atoms with Gasteiger partial charge in [0.2, 0.25) is 0 Å². The van der Waals surface area contributed by atoms with Crippen molar-refractivity contribution < 1.29 is 0 Å². The van der Waals surface area contributed by atoms with E-state index in [0.717, 1.165) is 17.3 Å². The van der Waals surface area contributed by atoms with Gasteiger partial charge in [-0.3, -0.25) is 0 Å². The smallest absolute Gasteiger partial charge is 0.117 e. The second-order valence-corrected chi connectivity index (χ2v) is 5.57. The van der Waals surface area contributed by atoms with E-state index in [1.54, 1.807) is 0 Å². The van der Waals surface area contributed by atoms with Crippen LogP contribution in [0.25, 0.3) is 0 Å². The second-order valence-electron chi connectivity index (χ2n) is 5.14. The minimum Gasteiger partial charge on any atom is -0.384 e. The lowest BCUT2D eigenvalue weighted by Gasteiger charge is -2.27. The Labute approximate surface area is 106 Å². The third-order valence-corrected chi connectivity index (χ3v) is 3.88. The van der Waals surface area contributed by atoms with Crippen LogP contribution in [0.4, 0.5) is 5.69 Å². The Hall–Kier alpha value is -1.35. The van der Waals surface area contributed by atoms with E-state index >= 15 is 0 Å². The number of nitrogens with one attached hydrogen (secondary N) is 1. The molecule has 0 amide bonds. The van der Waals surface area contributed by atoms with Crippen molar-refractivity contribution in [2.75, 3.05) is 5.32 Å². The fourth-order valence-corrected chi connectivity index (χ4v) is 2.41. The van der Waals surface area contributed by atoms with Gasteiger partial charge in [0.1, 0.15) is 5.82 Å². The van der Waals surface area contributed by atoms with Gasteiger partial charge in [0.05, 0.1) is 0 Å². The number of nitrogens with zero attached hydrogens (tertiary/aromatic N) is 1. The Morgan fingerprint density at radius 2 is 2.18 bits per heavy atom. The van der Waals surface area contributed by atoms with Crippen LogP contribution in [-0.4, -0.2) is 10.4 Å². The SMILES string of the molecule is CC1(N2C=C(N)Nc3ccc(Cl)cc3C2)CC1. The molecular weight excluding hydrogens is 234 g/mol. The van der Waals surface area contributed by atoms with E-state index in [9.17, 15) is 0 Å². The van der Waals surface area contributed by atoms with Crippen molar-refractivity contribution in [1.29, 1.82) is 0 Å². The first-order valence-corrected chi connectivity index (χ1v) is 6.24. The number of benzene rings is 1. The fourth-order valence-electron chi connectivity index (χ4n) is 2.21. The Kier molecular flexibility index (Phi) is 2.26. The molecule has 4 heteroatoms. The molecule has 0 bridgehead atoms. The monoisotopic (exact) mass is 249 g/mol. The highest BCUT2D eigenvalue weighted by molar-refractivity contribution is 6.30. The van der Waals surface area contributed by atoms with Gasteiger partial charge in [-0.15, -0.1) is 0 Å². The summed E-state index contributed by atoms with van der Waals surface area (Å²) < 4.78 is 0. The van der Waals surface area contributed by atoms with Crippen LogP contribution in [0.1, 0.15) is 25.3 Å². The normalized spacial score (nSPS) is 21.1.